The van der Waals surface area contributed by atoms with Crippen molar-refractivity contribution in [1.29, 1.82) is 0 Å². The van der Waals surface area contributed by atoms with Gasteiger partial charge in [-0.2, -0.15) is 0 Å². The standard InChI is InChI=1S/C18H27N3O2S3/c1-13(2)15-12-24-18(20-15)16-7-8-17(25-16)26(22,23)19-9-11-21-10-5-4-6-14(21)3/h7-8,12-14,19H,4-6,9-11H2,1-3H3. The zero-order valence-electron chi connectivity index (χ0n) is 15.6. The fourth-order valence-electron chi connectivity index (χ4n) is 3.13. The van der Waals surface area contributed by atoms with Crippen LogP contribution in [0.5, 0.6) is 0 Å². The van der Waals surface area contributed by atoms with E-state index in [0.717, 1.165) is 28.7 Å². The van der Waals surface area contributed by atoms with Crippen LogP contribution in [0.15, 0.2) is 21.7 Å². The third-order valence-corrected chi connectivity index (χ3v) is 8.87. The summed E-state index contributed by atoms with van der Waals surface area (Å²) in [5, 5.41) is 2.94. The Labute approximate surface area is 164 Å². The van der Waals surface area contributed by atoms with Gasteiger partial charge in [0.25, 0.3) is 0 Å². The van der Waals surface area contributed by atoms with Crippen LogP contribution in [0.3, 0.4) is 0 Å². The lowest BCUT2D eigenvalue weighted by atomic mass is 10.0. The van der Waals surface area contributed by atoms with Gasteiger partial charge < -0.3 is 0 Å². The molecule has 2 aromatic heterocycles. The predicted molar refractivity (Wildman–Crippen MR) is 110 cm³/mol. The lowest BCUT2D eigenvalue weighted by molar-refractivity contribution is 0.164. The highest BCUT2D eigenvalue weighted by atomic mass is 32.2. The smallest absolute Gasteiger partial charge is 0.250 e. The van der Waals surface area contributed by atoms with E-state index < -0.39 is 10.0 Å². The highest BCUT2D eigenvalue weighted by Crippen LogP contribution is 2.33. The van der Waals surface area contributed by atoms with Crippen molar-refractivity contribution in [3.8, 4) is 9.88 Å². The SMILES string of the molecule is CC(C)c1csc(-c2ccc(S(=O)(=O)NCCN3CCCCC3C)s2)n1. The van der Waals surface area contributed by atoms with Gasteiger partial charge in [0.2, 0.25) is 10.0 Å². The number of hydrogen-bond donors (Lipinski definition) is 1. The molecule has 1 unspecified atom stereocenters. The molecule has 5 nitrogen and oxygen atoms in total. The second kappa shape index (κ2) is 8.48. The Hall–Kier alpha value is -0.800. The fourth-order valence-corrected chi connectivity index (χ4v) is 6.55. The average molecular weight is 414 g/mol. The average Bonchev–Trinajstić information content (AvgIpc) is 3.26. The summed E-state index contributed by atoms with van der Waals surface area (Å²) in [4.78, 5) is 7.89. The Morgan fingerprint density at radius 1 is 1.35 bits per heavy atom. The van der Waals surface area contributed by atoms with E-state index in [2.05, 4.69) is 35.4 Å². The zero-order valence-corrected chi connectivity index (χ0v) is 18.0. The molecule has 1 fully saturated rings. The molecule has 144 valence electrons. The monoisotopic (exact) mass is 413 g/mol. The maximum Gasteiger partial charge on any atom is 0.250 e. The van der Waals surface area contributed by atoms with E-state index in [1.165, 1.54) is 30.6 Å². The number of hydrogen-bond acceptors (Lipinski definition) is 6. The molecule has 0 aromatic carbocycles. The molecule has 1 N–H and O–H groups in total. The first kappa shape index (κ1) is 19.9. The van der Waals surface area contributed by atoms with Crippen LogP contribution in [0, 0.1) is 0 Å². The van der Waals surface area contributed by atoms with Crippen LogP contribution in [-0.4, -0.2) is 44.0 Å². The highest BCUT2D eigenvalue weighted by molar-refractivity contribution is 7.91. The number of nitrogens with one attached hydrogen (secondary N) is 1. The summed E-state index contributed by atoms with van der Waals surface area (Å²) >= 11 is 2.86. The van der Waals surface area contributed by atoms with E-state index in [1.54, 1.807) is 17.4 Å². The minimum Gasteiger partial charge on any atom is -0.299 e. The normalized spacial score (nSPS) is 19.3. The van der Waals surface area contributed by atoms with Gasteiger partial charge in [0.15, 0.2) is 0 Å². The molecule has 0 radical (unpaired) electrons. The first-order valence-electron chi connectivity index (χ1n) is 9.16. The summed E-state index contributed by atoms with van der Waals surface area (Å²) in [5.41, 5.74) is 1.05. The molecular formula is C18H27N3O2S3. The molecule has 0 amide bonds. The summed E-state index contributed by atoms with van der Waals surface area (Å²) < 4.78 is 28.3. The second-order valence-corrected chi connectivity index (χ2v) is 11.1. The quantitative estimate of drug-likeness (QED) is 0.741. The fraction of sp³-hybridized carbons (Fsp3) is 0.611. The van der Waals surface area contributed by atoms with Crippen LogP contribution in [-0.2, 0) is 10.0 Å². The number of aromatic nitrogens is 1. The van der Waals surface area contributed by atoms with Gasteiger partial charge in [-0.3, -0.25) is 4.90 Å². The van der Waals surface area contributed by atoms with Gasteiger partial charge in [-0.25, -0.2) is 18.1 Å². The number of piperidine rings is 1. The van der Waals surface area contributed by atoms with Gasteiger partial charge in [-0.1, -0.05) is 20.3 Å². The number of likely N-dealkylation sites (tertiary alicyclic amines) is 1. The third-order valence-electron chi connectivity index (χ3n) is 4.80. The van der Waals surface area contributed by atoms with Crippen molar-refractivity contribution in [3.05, 3.63) is 23.2 Å². The Balaban J connectivity index is 1.61. The number of sulfonamides is 1. The van der Waals surface area contributed by atoms with Gasteiger partial charge in [-0.15, -0.1) is 22.7 Å². The Kier molecular flexibility index (Phi) is 6.50. The minimum absolute atomic E-state index is 0.362. The highest BCUT2D eigenvalue weighted by Gasteiger charge is 2.21. The van der Waals surface area contributed by atoms with Gasteiger partial charge in [0.05, 0.1) is 10.6 Å². The van der Waals surface area contributed by atoms with Crippen molar-refractivity contribution in [1.82, 2.24) is 14.6 Å². The molecular weight excluding hydrogens is 386 g/mol. The van der Waals surface area contributed by atoms with Crippen molar-refractivity contribution < 1.29 is 8.42 Å². The van der Waals surface area contributed by atoms with Gasteiger partial charge in [-0.05, 0) is 44.4 Å². The van der Waals surface area contributed by atoms with Crippen molar-refractivity contribution in [2.75, 3.05) is 19.6 Å². The topological polar surface area (TPSA) is 62.3 Å². The number of thiazole rings is 1. The maximum absolute atomic E-state index is 12.6. The van der Waals surface area contributed by atoms with E-state index in [1.807, 2.05) is 11.4 Å². The molecule has 3 heterocycles. The summed E-state index contributed by atoms with van der Waals surface area (Å²) in [6, 6.07) is 4.08. The number of rotatable bonds is 7. The molecule has 3 rings (SSSR count). The van der Waals surface area contributed by atoms with Gasteiger partial charge in [0, 0.05) is 24.5 Å². The molecule has 8 heteroatoms. The molecule has 1 aliphatic rings. The Morgan fingerprint density at radius 3 is 2.85 bits per heavy atom. The van der Waals surface area contributed by atoms with Crippen LogP contribution in [0.2, 0.25) is 0 Å². The van der Waals surface area contributed by atoms with Crippen molar-refractivity contribution in [2.24, 2.45) is 0 Å². The third kappa shape index (κ3) is 4.72. The molecule has 0 saturated carbocycles. The summed E-state index contributed by atoms with van der Waals surface area (Å²) in [5.74, 6) is 0.377. The van der Waals surface area contributed by atoms with E-state index in [9.17, 15) is 8.42 Å². The summed E-state index contributed by atoms with van der Waals surface area (Å²) in [6.07, 6.45) is 3.68. The summed E-state index contributed by atoms with van der Waals surface area (Å²) in [7, 11) is -3.46. The van der Waals surface area contributed by atoms with E-state index in [-0.39, 0.29) is 0 Å². The maximum atomic E-state index is 12.6. The molecule has 0 bridgehead atoms. The van der Waals surface area contributed by atoms with E-state index in [0.29, 0.717) is 22.7 Å². The van der Waals surface area contributed by atoms with Gasteiger partial charge >= 0.3 is 0 Å². The molecule has 1 saturated heterocycles. The van der Waals surface area contributed by atoms with Crippen LogP contribution in [0.25, 0.3) is 9.88 Å². The van der Waals surface area contributed by atoms with Crippen LogP contribution >= 0.6 is 22.7 Å². The van der Waals surface area contributed by atoms with Crippen LogP contribution in [0.4, 0.5) is 0 Å². The van der Waals surface area contributed by atoms with Crippen molar-refractivity contribution in [3.63, 3.8) is 0 Å². The lowest BCUT2D eigenvalue weighted by Crippen LogP contribution is -2.42. The Bertz CT molecular complexity index is 826. The predicted octanol–water partition coefficient (Wildman–Crippen LogP) is 4.15. The van der Waals surface area contributed by atoms with E-state index in [4.69, 9.17) is 0 Å². The zero-order chi connectivity index (χ0) is 18.7. The molecule has 1 aliphatic heterocycles. The van der Waals surface area contributed by atoms with Crippen LogP contribution in [0.1, 0.15) is 51.6 Å². The molecule has 26 heavy (non-hydrogen) atoms. The molecule has 0 spiro atoms. The molecule has 0 aliphatic carbocycles. The second-order valence-electron chi connectivity index (χ2n) is 7.13. The lowest BCUT2D eigenvalue weighted by Gasteiger charge is -2.33. The van der Waals surface area contributed by atoms with Gasteiger partial charge in [0.1, 0.15) is 9.22 Å². The molecule has 1 atom stereocenters. The van der Waals surface area contributed by atoms with Crippen molar-refractivity contribution in [2.45, 2.75) is 56.2 Å². The first-order valence-corrected chi connectivity index (χ1v) is 12.3. The first-order chi connectivity index (χ1) is 12.4. The number of thiophene rings is 1. The van der Waals surface area contributed by atoms with Crippen molar-refractivity contribution >= 4 is 32.7 Å². The largest absolute Gasteiger partial charge is 0.299 e. The minimum atomic E-state index is -3.46. The molecule has 2 aromatic rings. The van der Waals surface area contributed by atoms with Crippen LogP contribution < -0.4 is 4.72 Å². The Morgan fingerprint density at radius 2 is 2.15 bits per heavy atom. The number of nitrogens with zero attached hydrogens (tertiary/aromatic N) is 2. The summed E-state index contributed by atoms with van der Waals surface area (Å²) in [6.45, 7) is 8.72. The van der Waals surface area contributed by atoms with E-state index >= 15 is 0 Å².